The maximum absolute atomic E-state index is 11.2. The summed E-state index contributed by atoms with van der Waals surface area (Å²) in [6.07, 6.45) is 2.53. The first kappa shape index (κ1) is 12.0. The number of hydrogen-bond donors (Lipinski definition) is 2. The molecule has 0 bridgehead atoms. The van der Waals surface area contributed by atoms with Crippen LogP contribution in [0.4, 0.5) is 11.4 Å². The third-order valence-electron chi connectivity index (χ3n) is 1.63. The third kappa shape index (κ3) is 3.52. The Bertz CT molecular complexity index is 497. The van der Waals surface area contributed by atoms with Crippen LogP contribution in [0.3, 0.4) is 0 Å². The van der Waals surface area contributed by atoms with E-state index in [0.29, 0.717) is 16.3 Å². The highest BCUT2D eigenvalue weighted by Gasteiger charge is 2.07. The zero-order valence-electron chi connectivity index (χ0n) is 8.35. The molecule has 0 fully saturated rings. The zero-order chi connectivity index (χ0) is 11.6. The summed E-state index contributed by atoms with van der Waals surface area (Å²) in [7, 11) is -4.56. The van der Waals surface area contributed by atoms with Crippen LogP contribution < -0.4 is 10.5 Å². The minimum atomic E-state index is -3.32. The number of sulfonamides is 1. The van der Waals surface area contributed by atoms with Gasteiger partial charge in [0.15, 0.2) is 0 Å². The second-order valence-electron chi connectivity index (χ2n) is 3.08. The van der Waals surface area contributed by atoms with Gasteiger partial charge in [0.2, 0.25) is 10.0 Å². The van der Waals surface area contributed by atoms with Gasteiger partial charge in [0.1, 0.15) is 0 Å². The third-order valence-corrected chi connectivity index (χ3v) is 3.21. The Labute approximate surface area is 91.2 Å². The molecular formula is C8H12N2O3S2. The molecule has 1 unspecified atom stereocenters. The second-order valence-corrected chi connectivity index (χ2v) is 6.18. The predicted molar refractivity (Wildman–Crippen MR) is 61.7 cm³/mol. The Hall–Kier alpha value is -1.08. The summed E-state index contributed by atoms with van der Waals surface area (Å²) in [5.74, 6) is 0. The lowest BCUT2D eigenvalue weighted by atomic mass is 10.3. The van der Waals surface area contributed by atoms with Crippen molar-refractivity contribution in [3.05, 3.63) is 18.2 Å². The molecule has 0 aliphatic heterocycles. The normalized spacial score (nSPS) is 13.5. The lowest BCUT2D eigenvalue weighted by Crippen LogP contribution is -2.10. The van der Waals surface area contributed by atoms with E-state index in [-0.39, 0.29) is 0 Å². The molecule has 3 N–H and O–H groups in total. The monoisotopic (exact) mass is 248 g/mol. The van der Waals surface area contributed by atoms with Crippen LogP contribution in [-0.4, -0.2) is 25.1 Å². The zero-order valence-corrected chi connectivity index (χ0v) is 9.98. The van der Waals surface area contributed by atoms with Gasteiger partial charge in [-0.25, -0.2) is 8.42 Å². The van der Waals surface area contributed by atoms with E-state index in [9.17, 15) is 12.6 Å². The van der Waals surface area contributed by atoms with Gasteiger partial charge in [0.05, 0.1) is 22.0 Å². The predicted octanol–water partition coefficient (Wildman–Crippen LogP) is 0.378. The summed E-state index contributed by atoms with van der Waals surface area (Å²) in [5.41, 5.74) is 6.33. The Morgan fingerprint density at radius 3 is 2.47 bits per heavy atom. The van der Waals surface area contributed by atoms with Gasteiger partial charge in [-0.15, -0.1) is 0 Å². The van der Waals surface area contributed by atoms with Crippen molar-refractivity contribution in [2.24, 2.45) is 0 Å². The molecule has 0 aromatic heterocycles. The number of nitrogen functional groups attached to an aromatic ring is 1. The largest absolute Gasteiger partial charge is 0.398 e. The first-order valence-electron chi connectivity index (χ1n) is 4.00. The number of hydrogen-bond acceptors (Lipinski definition) is 4. The molecule has 7 heteroatoms. The van der Waals surface area contributed by atoms with Crippen LogP contribution in [0.15, 0.2) is 23.1 Å². The van der Waals surface area contributed by atoms with E-state index in [1.165, 1.54) is 24.5 Å². The molecule has 0 radical (unpaired) electrons. The second kappa shape index (κ2) is 4.19. The van der Waals surface area contributed by atoms with Crippen LogP contribution in [-0.2, 0) is 20.8 Å². The molecule has 0 amide bonds. The lowest BCUT2D eigenvalue weighted by Gasteiger charge is -2.07. The highest BCUT2D eigenvalue weighted by Crippen LogP contribution is 2.21. The molecule has 0 saturated carbocycles. The lowest BCUT2D eigenvalue weighted by molar-refractivity contribution is 0.607. The smallest absolute Gasteiger partial charge is 0.229 e. The van der Waals surface area contributed by atoms with Crippen molar-refractivity contribution in [1.29, 1.82) is 0 Å². The minimum Gasteiger partial charge on any atom is -0.398 e. The van der Waals surface area contributed by atoms with Crippen molar-refractivity contribution in [2.45, 2.75) is 4.90 Å². The minimum absolute atomic E-state index is 0.358. The van der Waals surface area contributed by atoms with Crippen molar-refractivity contribution in [3.63, 3.8) is 0 Å². The van der Waals surface area contributed by atoms with Crippen LogP contribution in [0.1, 0.15) is 0 Å². The van der Waals surface area contributed by atoms with Crippen molar-refractivity contribution in [2.75, 3.05) is 23.0 Å². The van der Waals surface area contributed by atoms with Gasteiger partial charge >= 0.3 is 0 Å². The van der Waals surface area contributed by atoms with Crippen LogP contribution in [0.2, 0.25) is 0 Å². The van der Waals surface area contributed by atoms with E-state index in [4.69, 9.17) is 5.73 Å². The van der Waals surface area contributed by atoms with Gasteiger partial charge in [-0.05, 0) is 18.2 Å². The molecule has 0 heterocycles. The summed E-state index contributed by atoms with van der Waals surface area (Å²) in [6.45, 7) is 0. The van der Waals surface area contributed by atoms with Crippen LogP contribution in [0, 0.1) is 0 Å². The van der Waals surface area contributed by atoms with E-state index in [2.05, 4.69) is 4.72 Å². The maximum Gasteiger partial charge on any atom is 0.229 e. The molecule has 1 aromatic carbocycles. The SMILES string of the molecule is CS(=O)c1cc(NS(C)(=O)=O)ccc1N. The molecule has 15 heavy (non-hydrogen) atoms. The molecule has 5 nitrogen and oxygen atoms in total. The molecule has 1 atom stereocenters. The molecule has 1 rings (SSSR count). The average Bonchev–Trinajstić information content (AvgIpc) is 2.05. The van der Waals surface area contributed by atoms with E-state index < -0.39 is 20.8 Å². The fourth-order valence-electron chi connectivity index (χ4n) is 1.06. The maximum atomic E-state index is 11.2. The molecule has 84 valence electrons. The number of nitrogens with two attached hydrogens (primary N) is 1. The van der Waals surface area contributed by atoms with Gasteiger partial charge in [0, 0.05) is 17.6 Å². The van der Waals surface area contributed by atoms with Crippen molar-refractivity contribution < 1.29 is 12.6 Å². The van der Waals surface area contributed by atoms with Crippen LogP contribution in [0.5, 0.6) is 0 Å². The standard InChI is InChI=1S/C8H12N2O3S2/c1-14(11)8-5-6(3-4-7(8)9)10-15(2,12)13/h3-5,10H,9H2,1-2H3. The molecule has 0 aliphatic carbocycles. The summed E-state index contributed by atoms with van der Waals surface area (Å²) >= 11 is 0. The van der Waals surface area contributed by atoms with Crippen molar-refractivity contribution in [1.82, 2.24) is 0 Å². The highest BCUT2D eigenvalue weighted by atomic mass is 32.2. The number of anilines is 2. The topological polar surface area (TPSA) is 89.3 Å². The summed E-state index contributed by atoms with van der Waals surface area (Å²) in [5, 5.41) is 0. The number of rotatable bonds is 3. The van der Waals surface area contributed by atoms with Gasteiger partial charge in [-0.1, -0.05) is 0 Å². The Kier molecular flexibility index (Phi) is 3.35. The van der Waals surface area contributed by atoms with Gasteiger partial charge in [-0.3, -0.25) is 8.93 Å². The molecule has 0 saturated heterocycles. The van der Waals surface area contributed by atoms with E-state index in [1.54, 1.807) is 0 Å². The first-order chi connectivity index (χ1) is 6.79. The van der Waals surface area contributed by atoms with E-state index in [1.807, 2.05) is 0 Å². The van der Waals surface area contributed by atoms with E-state index in [0.717, 1.165) is 6.26 Å². The molecular weight excluding hydrogens is 236 g/mol. The summed E-state index contributed by atoms with van der Waals surface area (Å²) < 4.78 is 35.4. The first-order valence-corrected chi connectivity index (χ1v) is 7.45. The Balaban J connectivity index is 3.14. The Morgan fingerprint density at radius 2 is 2.00 bits per heavy atom. The van der Waals surface area contributed by atoms with Crippen molar-refractivity contribution in [3.8, 4) is 0 Å². The summed E-state index contributed by atoms with van der Waals surface area (Å²) in [4.78, 5) is 0.420. The molecule has 0 spiro atoms. The number of benzene rings is 1. The van der Waals surface area contributed by atoms with Gasteiger partial charge < -0.3 is 5.73 Å². The van der Waals surface area contributed by atoms with Gasteiger partial charge in [-0.2, -0.15) is 0 Å². The van der Waals surface area contributed by atoms with E-state index >= 15 is 0 Å². The quantitative estimate of drug-likeness (QED) is 0.757. The fraction of sp³-hybridized carbons (Fsp3) is 0.250. The van der Waals surface area contributed by atoms with Crippen molar-refractivity contribution >= 4 is 32.2 Å². The van der Waals surface area contributed by atoms with Crippen LogP contribution >= 0.6 is 0 Å². The summed E-state index contributed by atoms with van der Waals surface area (Å²) in [6, 6.07) is 4.50. The average molecular weight is 248 g/mol. The highest BCUT2D eigenvalue weighted by molar-refractivity contribution is 7.92. The van der Waals surface area contributed by atoms with Crippen LogP contribution in [0.25, 0.3) is 0 Å². The number of nitrogens with one attached hydrogen (secondary N) is 1. The van der Waals surface area contributed by atoms with Gasteiger partial charge in [0.25, 0.3) is 0 Å². The molecule has 0 aliphatic rings. The Morgan fingerprint density at radius 1 is 1.40 bits per heavy atom. The fourth-order valence-corrected chi connectivity index (χ4v) is 2.31. The molecule has 1 aromatic rings.